The third-order valence-electron chi connectivity index (χ3n) is 6.40. The lowest BCUT2D eigenvalue weighted by Gasteiger charge is -2.40. The van der Waals surface area contributed by atoms with E-state index >= 15 is 0 Å². The number of halogens is 1. The van der Waals surface area contributed by atoms with Gasteiger partial charge in [0.1, 0.15) is 18.5 Å². The number of aldehydes is 1. The highest BCUT2D eigenvalue weighted by molar-refractivity contribution is 14.1. The lowest BCUT2D eigenvalue weighted by Crippen LogP contribution is -2.55. The molecule has 2 aromatic rings. The molecule has 198 valence electrons. The molecule has 0 aliphatic heterocycles. The van der Waals surface area contributed by atoms with Gasteiger partial charge in [-0.3, -0.25) is 14.4 Å². The van der Waals surface area contributed by atoms with Crippen LogP contribution in [0.15, 0.2) is 46.8 Å². The number of hydrogen-bond donors (Lipinski definition) is 3. The van der Waals surface area contributed by atoms with Crippen molar-refractivity contribution in [3.63, 3.8) is 0 Å². The Morgan fingerprint density at radius 1 is 1.32 bits per heavy atom. The standard InChI is InChI=1S/C26H29IN2O8/c1-35-22-9-16(13-31)8-19(27)24(22)37-21-11-18(25(33)28-5-6-30)10-20(23(21)32)29(26(34)17-2-3-17)12-15-4-7-36-14-15/h4,7-9,11,13-14,17,20-21,23,30,32H,2-3,5-6,10,12H2,1H3,(H,28,33). The van der Waals surface area contributed by atoms with E-state index in [1.807, 2.05) is 22.6 Å². The first-order valence-electron chi connectivity index (χ1n) is 11.9. The smallest absolute Gasteiger partial charge is 0.247 e. The van der Waals surface area contributed by atoms with Crippen molar-refractivity contribution in [2.45, 2.75) is 44.1 Å². The summed E-state index contributed by atoms with van der Waals surface area (Å²) < 4.78 is 17.4. The van der Waals surface area contributed by atoms with Gasteiger partial charge in [0.25, 0.3) is 0 Å². The molecule has 10 nitrogen and oxygen atoms in total. The van der Waals surface area contributed by atoms with Gasteiger partial charge in [-0.15, -0.1) is 0 Å². The minimum Gasteiger partial charge on any atom is -0.493 e. The maximum atomic E-state index is 13.4. The number of rotatable bonds is 11. The minimum atomic E-state index is -1.17. The summed E-state index contributed by atoms with van der Waals surface area (Å²) in [5.41, 5.74) is 1.49. The third-order valence-corrected chi connectivity index (χ3v) is 7.20. The van der Waals surface area contributed by atoms with E-state index in [1.165, 1.54) is 25.5 Å². The predicted molar refractivity (Wildman–Crippen MR) is 140 cm³/mol. The Morgan fingerprint density at radius 2 is 2.11 bits per heavy atom. The second-order valence-corrected chi connectivity index (χ2v) is 10.2. The number of furan rings is 1. The molecule has 1 fully saturated rings. The topological polar surface area (TPSA) is 139 Å². The second-order valence-electron chi connectivity index (χ2n) is 9.04. The number of carbonyl (C=O) groups is 3. The van der Waals surface area contributed by atoms with Crippen molar-refractivity contribution < 1.29 is 38.5 Å². The largest absolute Gasteiger partial charge is 0.493 e. The average molecular weight is 624 g/mol. The number of nitrogens with one attached hydrogen (secondary N) is 1. The lowest BCUT2D eigenvalue weighted by molar-refractivity contribution is -0.140. The van der Waals surface area contributed by atoms with Crippen LogP contribution in [0.1, 0.15) is 35.2 Å². The van der Waals surface area contributed by atoms with Gasteiger partial charge in [0.05, 0.1) is 35.9 Å². The van der Waals surface area contributed by atoms with Crippen molar-refractivity contribution in [1.82, 2.24) is 10.2 Å². The summed E-state index contributed by atoms with van der Waals surface area (Å²) in [4.78, 5) is 39.2. The van der Waals surface area contributed by atoms with E-state index < -0.39 is 24.2 Å². The Hall–Kier alpha value is -2.90. The first kappa shape index (κ1) is 27.1. The maximum absolute atomic E-state index is 13.4. The molecule has 2 aliphatic rings. The molecule has 0 bridgehead atoms. The normalized spacial score (nSPS) is 21.1. The van der Waals surface area contributed by atoms with Crippen molar-refractivity contribution in [3.05, 3.63) is 57.1 Å². The molecular formula is C26H29IN2O8. The molecule has 3 atom stereocenters. The lowest BCUT2D eigenvalue weighted by atomic mass is 9.87. The average Bonchev–Trinajstić information content (AvgIpc) is 3.63. The fourth-order valence-electron chi connectivity index (χ4n) is 4.34. The van der Waals surface area contributed by atoms with Gasteiger partial charge in [-0.25, -0.2) is 0 Å². The minimum absolute atomic E-state index is 0.0630. The number of methoxy groups -OCH3 is 1. The molecular weight excluding hydrogens is 595 g/mol. The quantitative estimate of drug-likeness (QED) is 0.255. The Balaban J connectivity index is 1.70. The van der Waals surface area contributed by atoms with Gasteiger partial charge in [-0.05, 0) is 59.7 Å². The van der Waals surface area contributed by atoms with Crippen molar-refractivity contribution in [3.8, 4) is 11.5 Å². The molecule has 1 heterocycles. The van der Waals surface area contributed by atoms with Crippen molar-refractivity contribution in [2.75, 3.05) is 20.3 Å². The van der Waals surface area contributed by atoms with Gasteiger partial charge < -0.3 is 34.3 Å². The molecule has 2 aliphatic carbocycles. The van der Waals surface area contributed by atoms with E-state index in [0.717, 1.165) is 18.4 Å². The van der Waals surface area contributed by atoms with Crippen LogP contribution >= 0.6 is 22.6 Å². The van der Waals surface area contributed by atoms with E-state index in [9.17, 15) is 19.5 Å². The number of aliphatic hydroxyl groups is 2. The van der Waals surface area contributed by atoms with Crippen LogP contribution < -0.4 is 14.8 Å². The number of aliphatic hydroxyl groups excluding tert-OH is 2. The SMILES string of the molecule is COc1cc(C=O)cc(I)c1OC1C=C(C(=O)NCCO)CC(N(Cc2ccoc2)C(=O)C2CC2)C1O. The monoisotopic (exact) mass is 624 g/mol. The second kappa shape index (κ2) is 12.1. The van der Waals surface area contributed by atoms with Gasteiger partial charge in [0.15, 0.2) is 11.5 Å². The van der Waals surface area contributed by atoms with Gasteiger partial charge in [0.2, 0.25) is 11.8 Å². The number of ether oxygens (including phenoxy) is 2. The number of amides is 2. The molecule has 11 heteroatoms. The van der Waals surface area contributed by atoms with E-state index in [-0.39, 0.29) is 37.9 Å². The van der Waals surface area contributed by atoms with Crippen LogP contribution in [-0.2, 0) is 16.1 Å². The first-order valence-corrected chi connectivity index (χ1v) is 13.0. The summed E-state index contributed by atoms with van der Waals surface area (Å²) in [6.07, 6.45) is 4.78. The summed E-state index contributed by atoms with van der Waals surface area (Å²) in [6, 6.07) is 4.14. The van der Waals surface area contributed by atoms with E-state index in [0.29, 0.717) is 32.5 Å². The van der Waals surface area contributed by atoms with Crippen LogP contribution in [0.25, 0.3) is 0 Å². The van der Waals surface area contributed by atoms with Crippen molar-refractivity contribution in [2.24, 2.45) is 5.92 Å². The maximum Gasteiger partial charge on any atom is 0.247 e. The van der Waals surface area contributed by atoms with Crippen LogP contribution in [0.2, 0.25) is 0 Å². The Morgan fingerprint density at radius 3 is 2.73 bits per heavy atom. The molecule has 4 rings (SSSR count). The Kier molecular flexibility index (Phi) is 8.87. The molecule has 0 saturated heterocycles. The highest BCUT2D eigenvalue weighted by Crippen LogP contribution is 2.38. The zero-order chi connectivity index (χ0) is 26.5. The van der Waals surface area contributed by atoms with Crippen LogP contribution in [0.3, 0.4) is 0 Å². The molecule has 1 aromatic heterocycles. The number of nitrogens with zero attached hydrogens (tertiary/aromatic N) is 1. The van der Waals surface area contributed by atoms with Gasteiger partial charge in [-0.1, -0.05) is 0 Å². The zero-order valence-electron chi connectivity index (χ0n) is 20.3. The number of carbonyl (C=O) groups excluding carboxylic acids is 3. The summed E-state index contributed by atoms with van der Waals surface area (Å²) >= 11 is 2.01. The molecule has 3 N–H and O–H groups in total. The molecule has 0 spiro atoms. The molecule has 0 radical (unpaired) electrons. The van der Waals surface area contributed by atoms with Crippen LogP contribution in [0, 0.1) is 9.49 Å². The van der Waals surface area contributed by atoms with Crippen LogP contribution in [0.4, 0.5) is 0 Å². The van der Waals surface area contributed by atoms with Crippen LogP contribution in [-0.4, -0.2) is 71.7 Å². The van der Waals surface area contributed by atoms with Gasteiger partial charge in [-0.2, -0.15) is 0 Å². The molecule has 37 heavy (non-hydrogen) atoms. The fourth-order valence-corrected chi connectivity index (χ4v) is 5.09. The third kappa shape index (κ3) is 6.33. The summed E-state index contributed by atoms with van der Waals surface area (Å²) in [5.74, 6) is -0.0249. The van der Waals surface area contributed by atoms with E-state index in [2.05, 4.69) is 5.32 Å². The zero-order valence-corrected chi connectivity index (χ0v) is 22.4. The van der Waals surface area contributed by atoms with Crippen molar-refractivity contribution >= 4 is 40.7 Å². The van der Waals surface area contributed by atoms with Crippen molar-refractivity contribution in [1.29, 1.82) is 0 Å². The first-order chi connectivity index (χ1) is 17.9. The van der Waals surface area contributed by atoms with Crippen LogP contribution in [0.5, 0.6) is 11.5 Å². The Labute approximate surface area is 227 Å². The summed E-state index contributed by atoms with van der Waals surface area (Å²) in [6.45, 7) is 0.0461. The highest BCUT2D eigenvalue weighted by Gasteiger charge is 2.44. The molecule has 1 saturated carbocycles. The van der Waals surface area contributed by atoms with Gasteiger partial charge in [0, 0.05) is 42.1 Å². The summed E-state index contributed by atoms with van der Waals surface area (Å²) in [5, 5.41) is 23.3. The number of benzene rings is 1. The fraction of sp³-hybridized carbons (Fsp3) is 0.423. The highest BCUT2D eigenvalue weighted by atomic mass is 127. The predicted octanol–water partition coefficient (Wildman–Crippen LogP) is 2.06. The van der Waals surface area contributed by atoms with E-state index in [1.54, 1.807) is 23.3 Å². The molecule has 3 unspecified atom stereocenters. The molecule has 2 amide bonds. The summed E-state index contributed by atoms with van der Waals surface area (Å²) in [7, 11) is 1.44. The van der Waals surface area contributed by atoms with E-state index in [4.69, 9.17) is 19.0 Å². The Bertz CT molecular complexity index is 1160. The van der Waals surface area contributed by atoms with Gasteiger partial charge >= 0.3 is 0 Å². The number of hydrogen-bond acceptors (Lipinski definition) is 8. The molecule has 1 aromatic carbocycles.